The summed E-state index contributed by atoms with van der Waals surface area (Å²) in [6.07, 6.45) is 5.28. The number of rotatable bonds is 5. The molecule has 0 spiro atoms. The molecular formula is C16H20N4O. The molecule has 1 aromatic heterocycles. The smallest absolute Gasteiger partial charge is 0.147 e. The van der Waals surface area contributed by atoms with Crippen molar-refractivity contribution in [3.05, 3.63) is 48.9 Å². The van der Waals surface area contributed by atoms with Crippen LogP contribution >= 0.6 is 0 Å². The summed E-state index contributed by atoms with van der Waals surface area (Å²) < 4.78 is 5.74. The van der Waals surface area contributed by atoms with Crippen LogP contribution in [0.1, 0.15) is 0 Å². The average molecular weight is 284 g/mol. The summed E-state index contributed by atoms with van der Waals surface area (Å²) in [7, 11) is 0. The molecule has 5 heteroatoms. The van der Waals surface area contributed by atoms with E-state index < -0.39 is 0 Å². The van der Waals surface area contributed by atoms with Crippen LogP contribution in [0.3, 0.4) is 0 Å². The van der Waals surface area contributed by atoms with Crippen molar-refractivity contribution < 1.29 is 4.74 Å². The molecule has 1 aromatic carbocycles. The second kappa shape index (κ2) is 7.04. The minimum Gasteiger partial charge on any atom is -0.492 e. The summed E-state index contributed by atoms with van der Waals surface area (Å²) in [4.78, 5) is 13.2. The van der Waals surface area contributed by atoms with E-state index in [0.717, 1.165) is 50.9 Å². The Morgan fingerprint density at radius 2 is 1.81 bits per heavy atom. The quantitative estimate of drug-likeness (QED) is 0.835. The van der Waals surface area contributed by atoms with E-state index in [4.69, 9.17) is 4.74 Å². The molecule has 1 saturated heterocycles. The van der Waals surface area contributed by atoms with Crippen molar-refractivity contribution >= 4 is 5.82 Å². The Labute approximate surface area is 125 Å². The van der Waals surface area contributed by atoms with Crippen LogP contribution in [0.15, 0.2) is 48.9 Å². The monoisotopic (exact) mass is 284 g/mol. The number of para-hydroxylation sites is 1. The Morgan fingerprint density at radius 3 is 2.52 bits per heavy atom. The van der Waals surface area contributed by atoms with E-state index in [1.165, 1.54) is 0 Å². The first kappa shape index (κ1) is 13.8. The summed E-state index contributed by atoms with van der Waals surface area (Å²) in [6, 6.07) is 9.97. The van der Waals surface area contributed by atoms with Gasteiger partial charge in [0.2, 0.25) is 0 Å². The van der Waals surface area contributed by atoms with Crippen LogP contribution in [0.5, 0.6) is 5.75 Å². The van der Waals surface area contributed by atoms with Crippen molar-refractivity contribution in [2.45, 2.75) is 0 Å². The summed E-state index contributed by atoms with van der Waals surface area (Å²) in [5, 5.41) is 0. The average Bonchev–Trinajstić information content (AvgIpc) is 2.57. The van der Waals surface area contributed by atoms with Gasteiger partial charge in [0.1, 0.15) is 18.2 Å². The second-order valence-corrected chi connectivity index (χ2v) is 5.05. The van der Waals surface area contributed by atoms with Crippen LogP contribution < -0.4 is 9.64 Å². The van der Waals surface area contributed by atoms with Gasteiger partial charge in [0, 0.05) is 45.1 Å². The van der Waals surface area contributed by atoms with Crippen LogP contribution in [0.25, 0.3) is 0 Å². The van der Waals surface area contributed by atoms with Crippen molar-refractivity contribution in [2.75, 3.05) is 44.2 Å². The third-order valence-electron chi connectivity index (χ3n) is 3.67. The second-order valence-electron chi connectivity index (χ2n) is 5.05. The van der Waals surface area contributed by atoms with E-state index in [1.54, 1.807) is 12.4 Å². The van der Waals surface area contributed by atoms with Gasteiger partial charge in [-0.15, -0.1) is 0 Å². The Kier molecular flexibility index (Phi) is 4.63. The standard InChI is InChI=1S/C16H20N4O/c1-2-4-15(5-3-1)21-13-12-19-8-10-20(11-9-19)16-14-17-6-7-18-16/h1-7,14H,8-13H2. The van der Waals surface area contributed by atoms with Crippen LogP contribution in [-0.4, -0.2) is 54.2 Å². The molecule has 1 aliphatic rings. The zero-order valence-corrected chi connectivity index (χ0v) is 12.1. The first-order valence-electron chi connectivity index (χ1n) is 7.33. The molecule has 21 heavy (non-hydrogen) atoms. The minimum absolute atomic E-state index is 0.731. The molecule has 0 bridgehead atoms. The Balaban J connectivity index is 1.40. The van der Waals surface area contributed by atoms with E-state index in [0.29, 0.717) is 0 Å². The third kappa shape index (κ3) is 3.92. The fraction of sp³-hybridized carbons (Fsp3) is 0.375. The lowest BCUT2D eigenvalue weighted by Gasteiger charge is -2.35. The van der Waals surface area contributed by atoms with Gasteiger partial charge in [0.15, 0.2) is 0 Å². The molecule has 0 unspecified atom stereocenters. The van der Waals surface area contributed by atoms with Gasteiger partial charge in [-0.05, 0) is 12.1 Å². The fourth-order valence-corrected chi connectivity index (χ4v) is 2.46. The highest BCUT2D eigenvalue weighted by Crippen LogP contribution is 2.12. The lowest BCUT2D eigenvalue weighted by molar-refractivity contribution is 0.200. The number of piperazine rings is 1. The Bertz CT molecular complexity index is 524. The zero-order valence-electron chi connectivity index (χ0n) is 12.1. The first-order valence-corrected chi connectivity index (χ1v) is 7.33. The molecule has 0 N–H and O–H groups in total. The number of hydrogen-bond acceptors (Lipinski definition) is 5. The van der Waals surface area contributed by atoms with Crippen molar-refractivity contribution in [3.8, 4) is 5.75 Å². The molecule has 2 aromatic rings. The van der Waals surface area contributed by atoms with Gasteiger partial charge < -0.3 is 9.64 Å². The molecule has 0 saturated carbocycles. The van der Waals surface area contributed by atoms with Crippen molar-refractivity contribution in [3.63, 3.8) is 0 Å². The van der Waals surface area contributed by atoms with Gasteiger partial charge in [-0.3, -0.25) is 9.88 Å². The Morgan fingerprint density at radius 1 is 1.00 bits per heavy atom. The number of ether oxygens (including phenoxy) is 1. The predicted molar refractivity (Wildman–Crippen MR) is 82.6 cm³/mol. The molecule has 5 nitrogen and oxygen atoms in total. The van der Waals surface area contributed by atoms with Crippen LogP contribution in [-0.2, 0) is 0 Å². The molecule has 0 radical (unpaired) electrons. The molecule has 1 aliphatic heterocycles. The van der Waals surface area contributed by atoms with Crippen molar-refractivity contribution in [1.29, 1.82) is 0 Å². The number of aromatic nitrogens is 2. The van der Waals surface area contributed by atoms with Crippen molar-refractivity contribution in [2.24, 2.45) is 0 Å². The van der Waals surface area contributed by atoms with E-state index in [9.17, 15) is 0 Å². The van der Waals surface area contributed by atoms with Gasteiger partial charge >= 0.3 is 0 Å². The number of benzene rings is 1. The van der Waals surface area contributed by atoms with E-state index in [1.807, 2.05) is 36.5 Å². The van der Waals surface area contributed by atoms with Gasteiger partial charge in [-0.2, -0.15) is 0 Å². The number of hydrogen-bond donors (Lipinski definition) is 0. The SMILES string of the molecule is c1ccc(OCCN2CCN(c3cnccn3)CC2)cc1. The molecule has 0 atom stereocenters. The van der Waals surface area contributed by atoms with E-state index in [2.05, 4.69) is 19.8 Å². The highest BCUT2D eigenvalue weighted by atomic mass is 16.5. The normalized spacial score (nSPS) is 15.9. The molecule has 1 fully saturated rings. The maximum atomic E-state index is 5.74. The van der Waals surface area contributed by atoms with Crippen LogP contribution in [0, 0.1) is 0 Å². The molecule has 0 aliphatic carbocycles. The van der Waals surface area contributed by atoms with Crippen LogP contribution in [0.2, 0.25) is 0 Å². The Hall–Kier alpha value is -2.14. The number of nitrogens with zero attached hydrogens (tertiary/aromatic N) is 4. The van der Waals surface area contributed by atoms with Gasteiger partial charge in [0.25, 0.3) is 0 Å². The summed E-state index contributed by atoms with van der Waals surface area (Å²) in [5.74, 6) is 1.91. The summed E-state index contributed by atoms with van der Waals surface area (Å²) in [6.45, 7) is 5.75. The number of anilines is 1. The maximum Gasteiger partial charge on any atom is 0.147 e. The zero-order chi connectivity index (χ0) is 14.3. The third-order valence-corrected chi connectivity index (χ3v) is 3.67. The van der Waals surface area contributed by atoms with E-state index >= 15 is 0 Å². The van der Waals surface area contributed by atoms with Gasteiger partial charge in [-0.1, -0.05) is 18.2 Å². The molecular weight excluding hydrogens is 264 g/mol. The highest BCUT2D eigenvalue weighted by Gasteiger charge is 2.17. The molecule has 2 heterocycles. The molecule has 110 valence electrons. The van der Waals surface area contributed by atoms with Crippen molar-refractivity contribution in [1.82, 2.24) is 14.9 Å². The lowest BCUT2D eigenvalue weighted by Crippen LogP contribution is -2.47. The first-order chi connectivity index (χ1) is 10.4. The predicted octanol–water partition coefficient (Wildman–Crippen LogP) is 1.68. The maximum absolute atomic E-state index is 5.74. The molecule has 0 amide bonds. The highest BCUT2D eigenvalue weighted by molar-refractivity contribution is 5.35. The fourth-order valence-electron chi connectivity index (χ4n) is 2.46. The molecule has 3 rings (SSSR count). The largest absolute Gasteiger partial charge is 0.492 e. The summed E-state index contributed by atoms with van der Waals surface area (Å²) >= 11 is 0. The topological polar surface area (TPSA) is 41.5 Å². The van der Waals surface area contributed by atoms with E-state index in [-0.39, 0.29) is 0 Å². The van der Waals surface area contributed by atoms with Crippen LogP contribution in [0.4, 0.5) is 5.82 Å². The van der Waals surface area contributed by atoms with Gasteiger partial charge in [-0.25, -0.2) is 4.98 Å². The minimum atomic E-state index is 0.731. The van der Waals surface area contributed by atoms with Gasteiger partial charge in [0.05, 0.1) is 6.20 Å². The lowest BCUT2D eigenvalue weighted by atomic mass is 10.3. The summed E-state index contributed by atoms with van der Waals surface area (Å²) in [5.41, 5.74) is 0.